The Bertz CT molecular complexity index is 1410. The number of hydrogen-bond donors (Lipinski definition) is 1. The predicted octanol–water partition coefficient (Wildman–Crippen LogP) is 0.0174. The monoisotopic (exact) mass is 688 g/mol. The molecule has 1 aliphatic rings. The molecule has 1 N–H and O–H groups in total. The van der Waals surface area contributed by atoms with Crippen molar-refractivity contribution in [1.82, 2.24) is 55.2 Å². The molecule has 0 atom stereocenters. The van der Waals surface area contributed by atoms with E-state index in [0.717, 1.165) is 69.8 Å². The Morgan fingerprint density at radius 2 is 0.959 bits per heavy atom. The number of nitrogens with one attached hydrogen (secondary N) is 1. The van der Waals surface area contributed by atoms with Crippen molar-refractivity contribution in [2.24, 2.45) is 0 Å². The zero-order valence-corrected chi connectivity index (χ0v) is 31.8. The number of nitrogens with zero attached hydrogens (tertiary/aromatic N) is 14. The summed E-state index contributed by atoms with van der Waals surface area (Å²) >= 11 is 0. The molecule has 3 aromatic rings. The van der Waals surface area contributed by atoms with Gasteiger partial charge in [-0.15, -0.1) is 15.3 Å². The molecular formula is C32H61N15O2+4. The van der Waals surface area contributed by atoms with Gasteiger partial charge in [-0.1, -0.05) is 15.6 Å². The summed E-state index contributed by atoms with van der Waals surface area (Å²) in [5.74, 6) is -0.212. The van der Waals surface area contributed by atoms with Crippen molar-refractivity contribution in [1.29, 1.82) is 0 Å². The number of carbonyl (C=O) groups is 2. The van der Waals surface area contributed by atoms with Gasteiger partial charge in [-0.2, -0.15) is 0 Å². The number of quaternary nitrogens is 4. The summed E-state index contributed by atoms with van der Waals surface area (Å²) in [4.78, 5) is 27.1. The summed E-state index contributed by atoms with van der Waals surface area (Å²) in [7, 11) is 19.4. The van der Waals surface area contributed by atoms with Crippen LogP contribution in [0.3, 0.4) is 0 Å². The first-order valence-electron chi connectivity index (χ1n) is 17.2. The van der Waals surface area contributed by atoms with Crippen LogP contribution < -0.4 is 5.32 Å². The average molecular weight is 688 g/mol. The van der Waals surface area contributed by atoms with Crippen LogP contribution in [0.2, 0.25) is 0 Å². The first-order chi connectivity index (χ1) is 22.6. The van der Waals surface area contributed by atoms with Crippen LogP contribution in [0.15, 0.2) is 18.6 Å². The summed E-state index contributed by atoms with van der Waals surface area (Å²) in [5, 5.41) is 30.1. The van der Waals surface area contributed by atoms with E-state index in [0.29, 0.717) is 43.6 Å². The van der Waals surface area contributed by atoms with Gasteiger partial charge in [-0.05, 0) is 13.8 Å². The maximum Gasteiger partial charge on any atom is 0.325 e. The van der Waals surface area contributed by atoms with E-state index < -0.39 is 5.54 Å². The minimum absolute atomic E-state index is 0.212. The SMILES string of the molecule is CC1(C)NC(=O)N(CCC[N+](Cc2cn(CC[N+](C)(C)C)nn2)(Cc2cn(CC[N+](C)(C)C)nn2)Cc2cn(CC[N+](C)(C)C)nn2)C1=O. The Morgan fingerprint density at radius 1 is 0.592 bits per heavy atom. The molecule has 3 aromatic heterocycles. The van der Waals surface area contributed by atoms with Gasteiger partial charge in [0.25, 0.3) is 5.91 Å². The Hall–Kier alpha value is -3.80. The number of urea groups is 1. The van der Waals surface area contributed by atoms with Gasteiger partial charge in [0.15, 0.2) is 0 Å². The summed E-state index contributed by atoms with van der Waals surface area (Å²) in [5.41, 5.74) is 1.65. The topological polar surface area (TPSA) is 142 Å². The van der Waals surface area contributed by atoms with Crippen LogP contribution >= 0.6 is 0 Å². The molecule has 4 heterocycles. The normalized spacial score (nSPS) is 15.8. The van der Waals surface area contributed by atoms with Crippen LogP contribution in [0, 0.1) is 0 Å². The minimum atomic E-state index is -0.915. The molecule has 49 heavy (non-hydrogen) atoms. The molecule has 0 radical (unpaired) electrons. The molecule has 0 bridgehead atoms. The zero-order valence-electron chi connectivity index (χ0n) is 31.8. The molecule has 17 heteroatoms. The van der Waals surface area contributed by atoms with Crippen molar-refractivity contribution < 1.29 is 27.5 Å². The highest BCUT2D eigenvalue weighted by Crippen LogP contribution is 2.24. The maximum absolute atomic E-state index is 13.0. The van der Waals surface area contributed by atoms with E-state index in [1.165, 1.54) is 4.90 Å². The lowest BCUT2D eigenvalue weighted by Gasteiger charge is -2.37. The lowest BCUT2D eigenvalue weighted by atomic mass is 10.1. The molecule has 1 fully saturated rings. The number of carbonyl (C=O) groups excluding carboxylic acids is 2. The van der Waals surface area contributed by atoms with Gasteiger partial charge in [0.1, 0.15) is 42.3 Å². The largest absolute Gasteiger partial charge is 0.329 e. The van der Waals surface area contributed by atoms with Crippen LogP contribution in [-0.4, -0.2) is 181 Å². The molecule has 0 spiro atoms. The van der Waals surface area contributed by atoms with E-state index >= 15 is 0 Å². The second-order valence-corrected chi connectivity index (χ2v) is 17.4. The fourth-order valence-corrected chi connectivity index (χ4v) is 5.79. The van der Waals surface area contributed by atoms with Crippen LogP contribution in [0.1, 0.15) is 37.4 Å². The van der Waals surface area contributed by atoms with Crippen LogP contribution in [0.25, 0.3) is 0 Å². The molecule has 0 aliphatic carbocycles. The Kier molecular flexibility index (Phi) is 11.3. The summed E-state index contributed by atoms with van der Waals surface area (Å²) in [6.07, 6.45) is 6.66. The molecule has 1 aliphatic heterocycles. The molecule has 4 rings (SSSR count). The van der Waals surface area contributed by atoms with Gasteiger partial charge < -0.3 is 23.2 Å². The molecule has 17 nitrogen and oxygen atoms in total. The number of aromatic nitrogens is 9. The van der Waals surface area contributed by atoms with E-state index in [-0.39, 0.29) is 11.9 Å². The Balaban J connectivity index is 1.65. The quantitative estimate of drug-likeness (QED) is 0.137. The van der Waals surface area contributed by atoms with Crippen molar-refractivity contribution in [2.75, 3.05) is 96.2 Å². The Morgan fingerprint density at radius 3 is 1.27 bits per heavy atom. The van der Waals surface area contributed by atoms with Gasteiger partial charge in [0, 0.05) is 13.0 Å². The van der Waals surface area contributed by atoms with Gasteiger partial charge >= 0.3 is 6.03 Å². The average Bonchev–Trinajstić information content (AvgIpc) is 3.74. The molecule has 272 valence electrons. The first kappa shape index (κ1) is 38.0. The summed E-state index contributed by atoms with van der Waals surface area (Å²) in [6.45, 7) is 11.0. The molecular weight excluding hydrogens is 626 g/mol. The molecule has 3 amide bonds. The molecule has 0 saturated carbocycles. The molecule has 0 unspecified atom stereocenters. The summed E-state index contributed by atoms with van der Waals surface area (Å²) in [6, 6.07) is -0.353. The van der Waals surface area contributed by atoms with Crippen molar-refractivity contribution in [3.8, 4) is 0 Å². The highest BCUT2D eigenvalue weighted by Gasteiger charge is 2.44. The van der Waals surface area contributed by atoms with Crippen molar-refractivity contribution >= 4 is 11.9 Å². The number of rotatable bonds is 19. The van der Waals surface area contributed by atoms with E-state index in [2.05, 4.69) is 99.7 Å². The van der Waals surface area contributed by atoms with Gasteiger partial charge in [-0.3, -0.25) is 9.69 Å². The third kappa shape index (κ3) is 11.6. The summed E-state index contributed by atoms with van der Waals surface area (Å²) < 4.78 is 8.68. The second kappa shape index (κ2) is 14.6. The fraction of sp³-hybridized carbons (Fsp3) is 0.750. The highest BCUT2D eigenvalue weighted by molar-refractivity contribution is 6.06. The van der Waals surface area contributed by atoms with E-state index in [1.54, 1.807) is 13.8 Å². The lowest BCUT2D eigenvalue weighted by Crippen LogP contribution is -2.48. The third-order valence-electron chi connectivity index (χ3n) is 8.71. The smallest absolute Gasteiger partial charge is 0.325 e. The number of hydrogen-bond acceptors (Lipinski definition) is 8. The molecule has 0 aromatic carbocycles. The van der Waals surface area contributed by atoms with Gasteiger partial charge in [0.2, 0.25) is 0 Å². The van der Waals surface area contributed by atoms with Gasteiger partial charge in [0.05, 0.1) is 128 Å². The number of amides is 3. The van der Waals surface area contributed by atoms with E-state index in [9.17, 15) is 9.59 Å². The van der Waals surface area contributed by atoms with Crippen LogP contribution in [0.4, 0.5) is 4.79 Å². The fourth-order valence-electron chi connectivity index (χ4n) is 5.79. The third-order valence-corrected chi connectivity index (χ3v) is 8.71. The van der Waals surface area contributed by atoms with Crippen molar-refractivity contribution in [2.45, 2.75) is 65.1 Å². The highest BCUT2D eigenvalue weighted by atomic mass is 16.2. The first-order valence-corrected chi connectivity index (χ1v) is 17.2. The second-order valence-electron chi connectivity index (χ2n) is 17.4. The zero-order chi connectivity index (χ0) is 36.3. The van der Waals surface area contributed by atoms with Crippen molar-refractivity contribution in [3.63, 3.8) is 0 Å². The Labute approximate surface area is 291 Å². The lowest BCUT2D eigenvalue weighted by molar-refractivity contribution is -0.967. The van der Waals surface area contributed by atoms with E-state index in [1.807, 2.05) is 32.6 Å². The minimum Gasteiger partial charge on any atom is -0.329 e. The number of likely N-dealkylation sites (N-methyl/N-ethyl adjacent to an activating group) is 3. The van der Waals surface area contributed by atoms with Crippen LogP contribution in [-0.2, 0) is 44.1 Å². The standard InChI is InChI=1S/C32H60N15O2/c1-32(2)30(48)43(31(49)33-32)13-12-17-47(24-27-21-40(37-34-27)14-18-44(3,4)5,25-28-22-41(38-35-28)15-19-45(6,7)8)26-29-23-42(39-36-29)16-20-46(9,10)11/h21-23H,12-20,24-26H2,1-11H3/q+3/p+1. The van der Waals surface area contributed by atoms with Gasteiger partial charge in [-0.25, -0.2) is 18.8 Å². The molecule has 1 saturated heterocycles. The van der Waals surface area contributed by atoms with Crippen LogP contribution in [0.5, 0.6) is 0 Å². The van der Waals surface area contributed by atoms with Crippen molar-refractivity contribution in [3.05, 3.63) is 35.7 Å². The predicted molar refractivity (Wildman–Crippen MR) is 184 cm³/mol. The number of imide groups is 1. The van der Waals surface area contributed by atoms with E-state index in [4.69, 9.17) is 0 Å². The maximum atomic E-state index is 13.0.